The Hall–Kier alpha value is -4.92. The maximum Gasteiger partial charge on any atom is 0.410 e. The zero-order valence-electron chi connectivity index (χ0n) is 28.6. The van der Waals surface area contributed by atoms with Gasteiger partial charge in [0.1, 0.15) is 25.4 Å². The first-order valence-corrected chi connectivity index (χ1v) is 16.9. The molecular formula is C35H39ClF3N9O3. The number of amides is 2. The number of aliphatic imine (C=N–C) groups is 1. The number of alkyl halides is 3. The highest BCUT2D eigenvalue weighted by Crippen LogP contribution is 2.45. The molecule has 0 radical (unpaired) electrons. The molecule has 0 saturated heterocycles. The number of hydrogen-bond donors (Lipinski definition) is 1. The van der Waals surface area contributed by atoms with Crippen LogP contribution in [0.4, 0.5) is 18.0 Å². The van der Waals surface area contributed by atoms with Gasteiger partial charge in [0.05, 0.1) is 29.5 Å². The topological polar surface area (TPSA) is 137 Å². The third-order valence-electron chi connectivity index (χ3n) is 8.78. The number of guanidine groups is 1. The molecule has 3 atom stereocenters. The standard InChI is InChI=1S/C35H39ClF3N9O3/c1-21(37)15-45(26-10-11-26)33(50)51-17-29(23-7-12-27(36)28(13-23)47-20-41-19-43-47)48-30(49)35(44-32(48)40,18-34(2,3)4)25-8-5-22(6-9-25)24-14-42-46(16-24)31(38)39/h5-9,12-14,16,19-21,26,29,31H,10-11,15,17-18H2,1-4H3,(H2,40,44)/t21?,29-,35-/m1/s1. The summed E-state index contributed by atoms with van der Waals surface area (Å²) in [5.74, 6) is -0.552. The van der Waals surface area contributed by atoms with E-state index in [-0.39, 0.29) is 31.6 Å². The van der Waals surface area contributed by atoms with Crippen LogP contribution < -0.4 is 5.73 Å². The van der Waals surface area contributed by atoms with Crippen LogP contribution in [0.2, 0.25) is 5.02 Å². The molecule has 1 aliphatic carbocycles. The summed E-state index contributed by atoms with van der Waals surface area (Å²) in [6.45, 7) is 4.08. The fraction of sp³-hybridized carbons (Fsp3) is 0.429. The van der Waals surface area contributed by atoms with Crippen molar-refractivity contribution in [2.24, 2.45) is 16.1 Å². The molecule has 3 heterocycles. The fourth-order valence-electron chi connectivity index (χ4n) is 6.43. The van der Waals surface area contributed by atoms with Crippen LogP contribution >= 0.6 is 11.6 Å². The van der Waals surface area contributed by atoms with E-state index in [0.29, 0.717) is 37.6 Å². The number of nitrogens with zero attached hydrogens (tertiary/aromatic N) is 8. The number of halogens is 4. The molecule has 51 heavy (non-hydrogen) atoms. The minimum Gasteiger partial charge on any atom is -0.447 e. The van der Waals surface area contributed by atoms with E-state index in [0.717, 1.165) is 12.8 Å². The lowest BCUT2D eigenvalue weighted by molar-refractivity contribution is -0.135. The fourth-order valence-corrected chi connectivity index (χ4v) is 6.64. The molecule has 1 unspecified atom stereocenters. The third kappa shape index (κ3) is 7.58. The Morgan fingerprint density at radius 3 is 2.43 bits per heavy atom. The largest absolute Gasteiger partial charge is 0.447 e. The average Bonchev–Trinajstić information content (AvgIpc) is 3.43. The highest BCUT2D eigenvalue weighted by molar-refractivity contribution is 6.32. The molecule has 2 N–H and O–H groups in total. The number of ether oxygens (including phenoxy) is 1. The summed E-state index contributed by atoms with van der Waals surface area (Å²) in [6, 6.07) is 10.8. The lowest BCUT2D eigenvalue weighted by atomic mass is 9.75. The van der Waals surface area contributed by atoms with Crippen LogP contribution in [-0.2, 0) is 15.1 Å². The van der Waals surface area contributed by atoms with Gasteiger partial charge in [-0.2, -0.15) is 19.0 Å². The van der Waals surface area contributed by atoms with E-state index in [1.54, 1.807) is 42.5 Å². The first-order valence-electron chi connectivity index (χ1n) is 16.5. The molecule has 16 heteroatoms. The Balaban J connectivity index is 1.39. The normalized spacial score (nSPS) is 19.0. The van der Waals surface area contributed by atoms with Gasteiger partial charge < -0.3 is 15.4 Å². The van der Waals surface area contributed by atoms with Crippen molar-refractivity contribution in [3.63, 3.8) is 0 Å². The van der Waals surface area contributed by atoms with Crippen molar-refractivity contribution in [2.75, 3.05) is 13.2 Å². The van der Waals surface area contributed by atoms with E-state index in [2.05, 4.69) is 15.2 Å². The highest BCUT2D eigenvalue weighted by atomic mass is 35.5. The third-order valence-corrected chi connectivity index (χ3v) is 9.10. The van der Waals surface area contributed by atoms with Gasteiger partial charge in [-0.05, 0) is 60.4 Å². The van der Waals surface area contributed by atoms with E-state index in [1.165, 1.54) is 46.5 Å². The molecule has 0 bridgehead atoms. The van der Waals surface area contributed by atoms with Crippen LogP contribution in [0.3, 0.4) is 0 Å². The summed E-state index contributed by atoms with van der Waals surface area (Å²) >= 11 is 6.55. The Bertz CT molecular complexity index is 1910. The van der Waals surface area contributed by atoms with Crippen LogP contribution in [0.15, 0.2) is 72.5 Å². The zero-order chi connectivity index (χ0) is 36.7. The Kier molecular flexibility index (Phi) is 9.86. The first-order chi connectivity index (χ1) is 24.2. The number of carbonyl (C=O) groups excluding carboxylic acids is 2. The quantitative estimate of drug-likeness (QED) is 0.172. The second kappa shape index (κ2) is 14.0. The van der Waals surface area contributed by atoms with E-state index in [4.69, 9.17) is 27.1 Å². The van der Waals surface area contributed by atoms with Gasteiger partial charge in [-0.3, -0.25) is 9.69 Å². The monoisotopic (exact) mass is 725 g/mol. The predicted molar refractivity (Wildman–Crippen MR) is 184 cm³/mol. The van der Waals surface area contributed by atoms with Crippen molar-refractivity contribution in [1.82, 2.24) is 34.3 Å². The molecule has 2 aromatic heterocycles. The number of aromatic nitrogens is 5. The van der Waals surface area contributed by atoms with Crippen LogP contribution in [0.1, 0.15) is 70.7 Å². The van der Waals surface area contributed by atoms with Crippen molar-refractivity contribution in [3.8, 4) is 16.8 Å². The highest BCUT2D eigenvalue weighted by Gasteiger charge is 2.53. The summed E-state index contributed by atoms with van der Waals surface area (Å²) in [4.78, 5) is 39.9. The average molecular weight is 726 g/mol. The molecule has 2 aliphatic rings. The Morgan fingerprint density at radius 1 is 1.12 bits per heavy atom. The lowest BCUT2D eigenvalue weighted by Crippen LogP contribution is -2.48. The first kappa shape index (κ1) is 35.9. The van der Waals surface area contributed by atoms with Gasteiger partial charge in [0, 0.05) is 17.8 Å². The van der Waals surface area contributed by atoms with Gasteiger partial charge in [0.25, 0.3) is 5.91 Å². The minimum atomic E-state index is -2.78. The van der Waals surface area contributed by atoms with Gasteiger partial charge in [-0.25, -0.2) is 28.5 Å². The molecule has 12 nitrogen and oxygen atoms in total. The van der Waals surface area contributed by atoms with Crippen molar-refractivity contribution in [1.29, 1.82) is 0 Å². The van der Waals surface area contributed by atoms with E-state index in [9.17, 15) is 22.8 Å². The van der Waals surface area contributed by atoms with Crippen molar-refractivity contribution < 1.29 is 27.5 Å². The number of carbonyl (C=O) groups is 2. The SMILES string of the molecule is CC(F)CN(C(=O)OC[C@H](c1ccc(Cl)c(-n2cncn2)c1)N1C(=O)[C@@](CC(C)(C)C)(c2ccc(-c3cnn(C(F)F)c3)cc2)N=C1N)C1CC1. The zero-order valence-corrected chi connectivity index (χ0v) is 29.3. The van der Waals surface area contributed by atoms with E-state index in [1.807, 2.05) is 20.8 Å². The second-order valence-electron chi connectivity index (χ2n) is 14.1. The van der Waals surface area contributed by atoms with Crippen LogP contribution in [-0.4, -0.2) is 77.7 Å². The van der Waals surface area contributed by atoms with Gasteiger partial charge in [-0.15, -0.1) is 0 Å². The molecule has 1 saturated carbocycles. The summed E-state index contributed by atoms with van der Waals surface area (Å²) < 4.78 is 48.3. The number of hydrogen-bond acceptors (Lipinski definition) is 8. The number of nitrogens with two attached hydrogens (primary N) is 1. The number of rotatable bonds is 12. The van der Waals surface area contributed by atoms with Gasteiger partial charge in [0.15, 0.2) is 11.5 Å². The molecule has 1 aliphatic heterocycles. The maximum atomic E-state index is 15.0. The van der Waals surface area contributed by atoms with E-state index < -0.39 is 41.7 Å². The summed E-state index contributed by atoms with van der Waals surface area (Å²) in [6.07, 6.45) is 5.19. The molecule has 2 amide bonds. The minimum absolute atomic E-state index is 0.0960. The van der Waals surface area contributed by atoms with Crippen LogP contribution in [0.25, 0.3) is 16.8 Å². The molecule has 1 fully saturated rings. The lowest BCUT2D eigenvalue weighted by Gasteiger charge is -2.35. The maximum absolute atomic E-state index is 15.0. The molecule has 0 spiro atoms. The molecule has 270 valence electrons. The summed E-state index contributed by atoms with van der Waals surface area (Å²) in [5, 5.41) is 8.27. The van der Waals surface area contributed by atoms with Crippen LogP contribution in [0, 0.1) is 5.41 Å². The predicted octanol–water partition coefficient (Wildman–Crippen LogP) is 6.67. The summed E-state index contributed by atoms with van der Waals surface area (Å²) in [5.41, 5.74) is 7.35. The number of benzene rings is 2. The Morgan fingerprint density at radius 2 is 1.84 bits per heavy atom. The molecule has 4 aromatic rings. The van der Waals surface area contributed by atoms with Crippen molar-refractivity contribution in [2.45, 2.75) is 77.3 Å². The smallest absolute Gasteiger partial charge is 0.410 e. The molecular weight excluding hydrogens is 687 g/mol. The summed E-state index contributed by atoms with van der Waals surface area (Å²) in [7, 11) is 0. The van der Waals surface area contributed by atoms with Crippen molar-refractivity contribution in [3.05, 3.63) is 83.7 Å². The molecule has 2 aromatic carbocycles. The van der Waals surface area contributed by atoms with E-state index >= 15 is 0 Å². The van der Waals surface area contributed by atoms with Crippen molar-refractivity contribution >= 4 is 29.6 Å². The second-order valence-corrected chi connectivity index (χ2v) is 14.5. The Labute approximate surface area is 298 Å². The van der Waals surface area contributed by atoms with Gasteiger partial charge >= 0.3 is 12.6 Å². The van der Waals surface area contributed by atoms with Gasteiger partial charge in [-0.1, -0.05) is 62.7 Å². The van der Waals surface area contributed by atoms with Gasteiger partial charge in [0.2, 0.25) is 0 Å². The van der Waals surface area contributed by atoms with Crippen LogP contribution in [0.5, 0.6) is 0 Å². The molecule has 6 rings (SSSR count).